The summed E-state index contributed by atoms with van der Waals surface area (Å²) >= 11 is 0. The Balaban J connectivity index is 1.94. The van der Waals surface area contributed by atoms with Crippen LogP contribution < -0.4 is 10.6 Å². The Morgan fingerprint density at radius 3 is 2.11 bits per heavy atom. The van der Waals surface area contributed by atoms with Crippen LogP contribution in [0.15, 0.2) is 54.6 Å². The number of hydrogen-bond donors (Lipinski definition) is 2. The van der Waals surface area contributed by atoms with Gasteiger partial charge in [-0.2, -0.15) is 5.26 Å². The van der Waals surface area contributed by atoms with E-state index in [1.54, 1.807) is 0 Å². The number of para-hydroxylation sites is 1. The summed E-state index contributed by atoms with van der Waals surface area (Å²) in [4.78, 5) is 0. The number of benzene rings is 2. The molecule has 18 heavy (non-hydrogen) atoms. The van der Waals surface area contributed by atoms with Crippen LogP contribution in [0, 0.1) is 11.3 Å². The lowest BCUT2D eigenvalue weighted by Crippen LogP contribution is -2.00. The van der Waals surface area contributed by atoms with Gasteiger partial charge in [0.25, 0.3) is 0 Å². The second-order valence-electron chi connectivity index (χ2n) is 3.90. The molecule has 0 amide bonds. The summed E-state index contributed by atoms with van der Waals surface area (Å²) in [5.74, 6) is 0. The minimum absolute atomic E-state index is 0.518. The minimum atomic E-state index is 0.518. The van der Waals surface area contributed by atoms with E-state index in [2.05, 4.69) is 16.7 Å². The summed E-state index contributed by atoms with van der Waals surface area (Å²) in [5, 5.41) is 15.0. The van der Waals surface area contributed by atoms with Gasteiger partial charge in [-0.3, -0.25) is 0 Å². The maximum Gasteiger partial charge on any atom is 0.0640 e. The van der Waals surface area contributed by atoms with E-state index in [9.17, 15) is 0 Å². The fraction of sp³-hybridized carbons (Fsp3) is 0.133. The van der Waals surface area contributed by atoms with Crippen molar-refractivity contribution in [2.45, 2.75) is 6.42 Å². The lowest BCUT2D eigenvalue weighted by Gasteiger charge is -2.08. The number of nitrogens with zero attached hydrogens (tertiary/aromatic N) is 1. The minimum Gasteiger partial charge on any atom is -0.384 e. The first kappa shape index (κ1) is 12.0. The van der Waals surface area contributed by atoms with E-state index >= 15 is 0 Å². The maximum atomic E-state index is 8.45. The van der Waals surface area contributed by atoms with Gasteiger partial charge in [-0.25, -0.2) is 0 Å². The van der Waals surface area contributed by atoms with Gasteiger partial charge in [0.2, 0.25) is 0 Å². The molecule has 0 radical (unpaired) electrons. The van der Waals surface area contributed by atoms with Crippen molar-refractivity contribution in [3.05, 3.63) is 54.6 Å². The van der Waals surface area contributed by atoms with Crippen LogP contribution in [-0.2, 0) is 0 Å². The average Bonchev–Trinajstić information content (AvgIpc) is 2.42. The van der Waals surface area contributed by atoms with E-state index in [0.29, 0.717) is 13.0 Å². The Kier molecular flexibility index (Phi) is 4.21. The predicted octanol–water partition coefficient (Wildman–Crippen LogP) is 3.76. The van der Waals surface area contributed by atoms with Crippen molar-refractivity contribution in [2.75, 3.05) is 17.2 Å². The van der Waals surface area contributed by atoms with Crippen molar-refractivity contribution in [1.82, 2.24) is 0 Å². The Hall–Kier alpha value is -2.47. The van der Waals surface area contributed by atoms with Gasteiger partial charge in [-0.05, 0) is 36.4 Å². The molecule has 0 fully saturated rings. The summed E-state index contributed by atoms with van der Waals surface area (Å²) in [6, 6.07) is 20.2. The molecule has 0 saturated carbocycles. The Morgan fingerprint density at radius 1 is 0.833 bits per heavy atom. The van der Waals surface area contributed by atoms with Crippen LogP contribution in [0.1, 0.15) is 6.42 Å². The number of nitriles is 1. The zero-order valence-electron chi connectivity index (χ0n) is 10.1. The molecule has 2 aromatic carbocycles. The van der Waals surface area contributed by atoms with Gasteiger partial charge >= 0.3 is 0 Å². The highest BCUT2D eigenvalue weighted by Crippen LogP contribution is 2.18. The van der Waals surface area contributed by atoms with Gasteiger partial charge in [-0.15, -0.1) is 0 Å². The molecule has 2 aromatic rings. The van der Waals surface area contributed by atoms with Crippen LogP contribution in [0.4, 0.5) is 17.1 Å². The number of hydrogen-bond acceptors (Lipinski definition) is 3. The van der Waals surface area contributed by atoms with Gasteiger partial charge in [0.05, 0.1) is 12.5 Å². The molecule has 3 heteroatoms. The zero-order chi connectivity index (χ0) is 12.6. The topological polar surface area (TPSA) is 47.9 Å². The summed E-state index contributed by atoms with van der Waals surface area (Å²) in [7, 11) is 0. The van der Waals surface area contributed by atoms with Crippen LogP contribution in [0.5, 0.6) is 0 Å². The molecule has 0 aliphatic heterocycles. The quantitative estimate of drug-likeness (QED) is 0.778. The van der Waals surface area contributed by atoms with Crippen molar-refractivity contribution in [3.8, 4) is 6.07 Å². The van der Waals surface area contributed by atoms with E-state index in [1.807, 2.05) is 54.6 Å². The summed E-state index contributed by atoms with van der Waals surface area (Å²) in [5.41, 5.74) is 3.15. The Morgan fingerprint density at radius 2 is 1.44 bits per heavy atom. The third kappa shape index (κ3) is 3.53. The first-order valence-electron chi connectivity index (χ1n) is 5.91. The molecule has 0 spiro atoms. The van der Waals surface area contributed by atoms with Gasteiger partial charge < -0.3 is 10.6 Å². The molecule has 90 valence electrons. The van der Waals surface area contributed by atoms with Crippen molar-refractivity contribution < 1.29 is 0 Å². The Bertz CT molecular complexity index is 512. The van der Waals surface area contributed by atoms with Crippen LogP contribution in [0.25, 0.3) is 0 Å². The highest BCUT2D eigenvalue weighted by atomic mass is 14.9. The normalized spacial score (nSPS) is 9.50. The van der Waals surface area contributed by atoms with Crippen molar-refractivity contribution >= 4 is 17.1 Å². The third-order valence-electron chi connectivity index (χ3n) is 2.51. The highest BCUT2D eigenvalue weighted by Gasteiger charge is 1.95. The first-order chi connectivity index (χ1) is 8.88. The zero-order valence-corrected chi connectivity index (χ0v) is 10.1. The van der Waals surface area contributed by atoms with E-state index in [1.165, 1.54) is 0 Å². The molecule has 0 heterocycles. The second-order valence-corrected chi connectivity index (χ2v) is 3.90. The molecular formula is C15H15N3. The lowest BCUT2D eigenvalue weighted by molar-refractivity contribution is 1.08. The summed E-state index contributed by atoms with van der Waals surface area (Å²) in [6.45, 7) is 0.683. The molecule has 0 aliphatic carbocycles. The number of nitrogens with one attached hydrogen (secondary N) is 2. The van der Waals surface area contributed by atoms with Gasteiger partial charge in [0.1, 0.15) is 0 Å². The van der Waals surface area contributed by atoms with Crippen molar-refractivity contribution in [1.29, 1.82) is 5.26 Å². The summed E-state index contributed by atoms with van der Waals surface area (Å²) in [6.07, 6.45) is 0.518. The molecule has 2 rings (SSSR count). The number of anilines is 3. The molecule has 0 unspecified atom stereocenters. The van der Waals surface area contributed by atoms with E-state index in [0.717, 1.165) is 17.1 Å². The van der Waals surface area contributed by atoms with E-state index in [4.69, 9.17) is 5.26 Å². The second kappa shape index (κ2) is 6.31. The highest BCUT2D eigenvalue weighted by molar-refractivity contribution is 5.62. The van der Waals surface area contributed by atoms with Crippen LogP contribution in [-0.4, -0.2) is 6.54 Å². The molecule has 2 N–H and O–H groups in total. The molecule has 0 aliphatic rings. The van der Waals surface area contributed by atoms with Crippen LogP contribution in [0.3, 0.4) is 0 Å². The average molecular weight is 237 g/mol. The fourth-order valence-electron chi connectivity index (χ4n) is 1.62. The lowest BCUT2D eigenvalue weighted by atomic mass is 10.2. The van der Waals surface area contributed by atoms with Crippen LogP contribution >= 0.6 is 0 Å². The third-order valence-corrected chi connectivity index (χ3v) is 2.51. The van der Waals surface area contributed by atoms with Crippen LogP contribution in [0.2, 0.25) is 0 Å². The molecular weight excluding hydrogens is 222 g/mol. The molecule has 0 aromatic heterocycles. The largest absolute Gasteiger partial charge is 0.384 e. The van der Waals surface area contributed by atoms with Crippen molar-refractivity contribution in [2.24, 2.45) is 0 Å². The SMILES string of the molecule is N#CCCNc1ccc(Nc2ccccc2)cc1. The van der Waals surface area contributed by atoms with Gasteiger partial charge in [0, 0.05) is 23.6 Å². The maximum absolute atomic E-state index is 8.45. The predicted molar refractivity (Wildman–Crippen MR) is 74.9 cm³/mol. The van der Waals surface area contributed by atoms with Gasteiger partial charge in [-0.1, -0.05) is 18.2 Å². The molecule has 3 nitrogen and oxygen atoms in total. The Labute approximate surface area is 107 Å². The molecule has 0 saturated heterocycles. The molecule has 0 atom stereocenters. The summed E-state index contributed by atoms with van der Waals surface area (Å²) < 4.78 is 0. The number of rotatable bonds is 5. The van der Waals surface area contributed by atoms with E-state index < -0.39 is 0 Å². The molecule has 0 bridgehead atoms. The first-order valence-corrected chi connectivity index (χ1v) is 5.91. The van der Waals surface area contributed by atoms with E-state index in [-0.39, 0.29) is 0 Å². The monoisotopic (exact) mass is 237 g/mol. The van der Waals surface area contributed by atoms with Crippen molar-refractivity contribution in [3.63, 3.8) is 0 Å². The fourth-order valence-corrected chi connectivity index (χ4v) is 1.62. The van der Waals surface area contributed by atoms with Gasteiger partial charge in [0.15, 0.2) is 0 Å². The smallest absolute Gasteiger partial charge is 0.0640 e. The standard InChI is InChI=1S/C15H15N3/c16-11-4-12-17-13-7-9-15(10-8-13)18-14-5-2-1-3-6-14/h1-3,5-10,17-18H,4,12H2.